The second-order valence-electron chi connectivity index (χ2n) is 7.85. The predicted molar refractivity (Wildman–Crippen MR) is 133 cm³/mol. The van der Waals surface area contributed by atoms with Crippen LogP contribution in [0.25, 0.3) is 0 Å². The molecule has 2 aromatic carbocycles. The minimum atomic E-state index is -0.454. The first-order valence-electron chi connectivity index (χ1n) is 11.2. The Morgan fingerprint density at radius 3 is 2.38 bits per heavy atom. The number of carbonyl (C=O) groups is 2. The van der Waals surface area contributed by atoms with Gasteiger partial charge in [0.25, 0.3) is 0 Å². The minimum Gasteiger partial charge on any atom is -0.493 e. The Hall–Kier alpha value is -2.94. The monoisotopic (exact) mass is 534 g/mol. The van der Waals surface area contributed by atoms with Crippen LogP contribution in [0.1, 0.15) is 37.4 Å². The van der Waals surface area contributed by atoms with E-state index in [0.717, 1.165) is 11.1 Å². The number of amides is 2. The lowest BCUT2D eigenvalue weighted by atomic mass is 9.90. The van der Waals surface area contributed by atoms with Crippen LogP contribution in [-0.2, 0) is 16.0 Å². The van der Waals surface area contributed by atoms with E-state index in [0.29, 0.717) is 35.5 Å². The minimum absolute atomic E-state index is 0.244. The molecule has 0 radical (unpaired) electrons. The zero-order valence-corrected chi connectivity index (χ0v) is 21.5. The van der Waals surface area contributed by atoms with E-state index < -0.39 is 12.2 Å². The molecule has 1 aliphatic heterocycles. The Morgan fingerprint density at radius 2 is 1.76 bits per heavy atom. The fraction of sp³-hybridized carbons (Fsp3) is 0.440. The predicted octanol–water partition coefficient (Wildman–Crippen LogP) is 5.53. The molecule has 0 fully saturated rings. The molecule has 0 bridgehead atoms. The first-order chi connectivity index (χ1) is 16.4. The first kappa shape index (κ1) is 25.7. The first-order valence-corrected chi connectivity index (χ1v) is 12.3. The van der Waals surface area contributed by atoms with E-state index in [1.165, 1.54) is 0 Å². The number of anilines is 1. The topological polar surface area (TPSA) is 77.5 Å². The van der Waals surface area contributed by atoms with Crippen LogP contribution in [0.15, 0.2) is 42.5 Å². The van der Waals surface area contributed by atoms with Gasteiger partial charge in [0.05, 0.1) is 32.6 Å². The van der Waals surface area contributed by atoms with Crippen LogP contribution >= 0.6 is 15.9 Å². The molecule has 0 saturated carbocycles. The number of nitrogens with zero attached hydrogens (tertiary/aromatic N) is 2. The quantitative estimate of drug-likeness (QED) is 0.414. The molecule has 9 heteroatoms. The van der Waals surface area contributed by atoms with Crippen molar-refractivity contribution in [2.75, 3.05) is 37.7 Å². The standard InChI is InChI=1S/C25H31BrN2O6/c1-5-33-24(29)27(16-18-9-7-6-8-10-18)20-13-17(2)28(25(30)34-12-11-26)21-15-23(32-4)22(31-3)14-19(20)21/h6-10,14-15,17,20H,5,11-13,16H2,1-4H3/t17-,20+/m1/s1. The van der Waals surface area contributed by atoms with E-state index in [-0.39, 0.29) is 25.3 Å². The van der Waals surface area contributed by atoms with Gasteiger partial charge in [-0.05, 0) is 31.9 Å². The summed E-state index contributed by atoms with van der Waals surface area (Å²) in [6, 6.07) is 12.7. The average Bonchev–Trinajstić information content (AvgIpc) is 2.85. The molecule has 3 rings (SSSR count). The summed E-state index contributed by atoms with van der Waals surface area (Å²) in [5.41, 5.74) is 2.35. The highest BCUT2D eigenvalue weighted by atomic mass is 79.9. The summed E-state index contributed by atoms with van der Waals surface area (Å²) in [5, 5.41) is 0.538. The molecule has 0 saturated heterocycles. The summed E-state index contributed by atoms with van der Waals surface area (Å²) in [7, 11) is 3.10. The molecule has 0 N–H and O–H groups in total. The van der Waals surface area contributed by atoms with Crippen LogP contribution in [0.5, 0.6) is 11.5 Å². The lowest BCUT2D eigenvalue weighted by molar-refractivity contribution is 0.0809. The van der Waals surface area contributed by atoms with Gasteiger partial charge in [0.2, 0.25) is 0 Å². The number of hydrogen-bond donors (Lipinski definition) is 0. The summed E-state index contributed by atoms with van der Waals surface area (Å²) in [6.07, 6.45) is -0.374. The van der Waals surface area contributed by atoms with Crippen molar-refractivity contribution in [2.45, 2.75) is 38.9 Å². The van der Waals surface area contributed by atoms with Crippen molar-refractivity contribution in [2.24, 2.45) is 0 Å². The second kappa shape index (κ2) is 12.0. The molecule has 8 nitrogen and oxygen atoms in total. The largest absolute Gasteiger partial charge is 0.493 e. The fourth-order valence-electron chi connectivity index (χ4n) is 4.21. The van der Waals surface area contributed by atoms with E-state index in [9.17, 15) is 9.59 Å². The van der Waals surface area contributed by atoms with Gasteiger partial charge in [-0.25, -0.2) is 9.59 Å². The number of rotatable bonds is 8. The number of benzene rings is 2. The molecule has 2 amide bonds. The maximum absolute atomic E-state index is 13.1. The van der Waals surface area contributed by atoms with E-state index in [1.807, 2.05) is 43.3 Å². The Labute approximate surface area is 208 Å². The van der Waals surface area contributed by atoms with Gasteiger partial charge in [-0.2, -0.15) is 0 Å². The van der Waals surface area contributed by atoms with Gasteiger partial charge < -0.3 is 18.9 Å². The second-order valence-corrected chi connectivity index (χ2v) is 8.65. The van der Waals surface area contributed by atoms with Crippen LogP contribution in [0, 0.1) is 0 Å². The Morgan fingerprint density at radius 1 is 1.09 bits per heavy atom. The maximum atomic E-state index is 13.1. The number of carbonyl (C=O) groups excluding carboxylic acids is 2. The number of methoxy groups -OCH3 is 2. The van der Waals surface area contributed by atoms with Gasteiger partial charge in [-0.1, -0.05) is 46.3 Å². The van der Waals surface area contributed by atoms with Crippen LogP contribution in [0.2, 0.25) is 0 Å². The molecule has 0 spiro atoms. The molecule has 2 atom stereocenters. The molecule has 2 aromatic rings. The molecule has 34 heavy (non-hydrogen) atoms. The van der Waals surface area contributed by atoms with Gasteiger partial charge in [-0.3, -0.25) is 9.80 Å². The van der Waals surface area contributed by atoms with Crippen LogP contribution in [0.3, 0.4) is 0 Å². The van der Waals surface area contributed by atoms with Crippen molar-refractivity contribution < 1.29 is 28.5 Å². The van der Waals surface area contributed by atoms with E-state index in [1.54, 1.807) is 37.0 Å². The van der Waals surface area contributed by atoms with Gasteiger partial charge >= 0.3 is 12.2 Å². The molecule has 0 aromatic heterocycles. The SMILES string of the molecule is CCOC(=O)N(Cc1ccccc1)[C@H]1C[C@@H](C)N(C(=O)OCCBr)c2cc(OC)c(OC)cc21. The number of fused-ring (bicyclic) bond motifs is 1. The highest BCUT2D eigenvalue weighted by molar-refractivity contribution is 9.09. The van der Waals surface area contributed by atoms with E-state index in [2.05, 4.69) is 15.9 Å². The van der Waals surface area contributed by atoms with Crippen molar-refractivity contribution in [1.82, 2.24) is 4.90 Å². The summed E-state index contributed by atoms with van der Waals surface area (Å²) >= 11 is 3.29. The molecular weight excluding hydrogens is 504 g/mol. The molecule has 0 aliphatic carbocycles. The molecule has 1 aliphatic rings. The summed E-state index contributed by atoms with van der Waals surface area (Å²) in [6.45, 7) is 4.59. The zero-order valence-electron chi connectivity index (χ0n) is 20.0. The van der Waals surface area contributed by atoms with Crippen LogP contribution < -0.4 is 14.4 Å². The molecule has 0 unspecified atom stereocenters. The fourth-order valence-corrected chi connectivity index (χ4v) is 4.37. The number of alkyl halides is 1. The lowest BCUT2D eigenvalue weighted by Gasteiger charge is -2.42. The highest BCUT2D eigenvalue weighted by Gasteiger charge is 2.40. The van der Waals surface area contributed by atoms with Gasteiger partial charge in [0.1, 0.15) is 6.61 Å². The zero-order chi connectivity index (χ0) is 24.7. The van der Waals surface area contributed by atoms with Crippen molar-refractivity contribution in [3.05, 3.63) is 53.6 Å². The van der Waals surface area contributed by atoms with Crippen molar-refractivity contribution in [3.63, 3.8) is 0 Å². The van der Waals surface area contributed by atoms with Crippen molar-refractivity contribution in [1.29, 1.82) is 0 Å². The van der Waals surface area contributed by atoms with Gasteiger partial charge in [-0.15, -0.1) is 0 Å². The Kier molecular flexibility index (Phi) is 9.04. The smallest absolute Gasteiger partial charge is 0.414 e. The van der Waals surface area contributed by atoms with Crippen LogP contribution in [-0.4, -0.2) is 55.9 Å². The van der Waals surface area contributed by atoms with E-state index >= 15 is 0 Å². The summed E-state index contributed by atoms with van der Waals surface area (Å²) < 4.78 is 21.9. The van der Waals surface area contributed by atoms with Gasteiger partial charge in [0.15, 0.2) is 11.5 Å². The van der Waals surface area contributed by atoms with Crippen molar-refractivity contribution in [3.8, 4) is 11.5 Å². The van der Waals surface area contributed by atoms with Crippen LogP contribution in [0.4, 0.5) is 15.3 Å². The maximum Gasteiger partial charge on any atom is 0.414 e. The lowest BCUT2D eigenvalue weighted by Crippen LogP contribution is -2.48. The van der Waals surface area contributed by atoms with Gasteiger partial charge in [0, 0.05) is 29.5 Å². The highest BCUT2D eigenvalue weighted by Crippen LogP contribution is 2.46. The number of ether oxygens (including phenoxy) is 4. The normalized spacial score (nSPS) is 16.9. The van der Waals surface area contributed by atoms with E-state index in [4.69, 9.17) is 18.9 Å². The average molecular weight is 535 g/mol. The summed E-state index contributed by atoms with van der Waals surface area (Å²) in [4.78, 5) is 29.5. The Bertz CT molecular complexity index is 987. The molecule has 184 valence electrons. The number of hydrogen-bond acceptors (Lipinski definition) is 6. The Balaban J connectivity index is 2.12. The summed E-state index contributed by atoms with van der Waals surface area (Å²) in [5.74, 6) is 0.997. The third-order valence-electron chi connectivity index (χ3n) is 5.73. The molecule has 1 heterocycles. The molecular formula is C25H31BrN2O6. The van der Waals surface area contributed by atoms with Crippen molar-refractivity contribution >= 4 is 33.8 Å². The third kappa shape index (κ3) is 5.58. The number of halogens is 1. The third-order valence-corrected chi connectivity index (χ3v) is 6.05.